The molecule has 1 nitrogen and oxygen atoms in total. The molecule has 0 saturated heterocycles. The summed E-state index contributed by atoms with van der Waals surface area (Å²) in [4.78, 5) is 0. The summed E-state index contributed by atoms with van der Waals surface area (Å²) < 4.78 is 0. The van der Waals surface area contributed by atoms with Gasteiger partial charge in [0.15, 0.2) is 0 Å². The average Bonchev–Trinajstić information content (AvgIpc) is 2.05. The van der Waals surface area contributed by atoms with Crippen LogP contribution in [0.5, 0.6) is 0 Å². The molecule has 0 aliphatic heterocycles. The first-order chi connectivity index (χ1) is 5.73. The fraction of sp³-hybridized carbons (Fsp3) is 0.818. The molecule has 0 spiro atoms. The van der Waals surface area contributed by atoms with Gasteiger partial charge in [-0.15, -0.1) is 0 Å². The predicted molar refractivity (Wildman–Crippen MR) is 52.2 cm³/mol. The molecule has 1 unspecified atom stereocenters. The van der Waals surface area contributed by atoms with Gasteiger partial charge in [-0.05, 0) is 36.7 Å². The van der Waals surface area contributed by atoms with Gasteiger partial charge < -0.3 is 5.11 Å². The Morgan fingerprint density at radius 2 is 2.25 bits per heavy atom. The second kappa shape index (κ2) is 3.97. The third kappa shape index (κ3) is 1.82. The summed E-state index contributed by atoms with van der Waals surface area (Å²) in [6, 6.07) is 0. The first-order valence-corrected chi connectivity index (χ1v) is 5.06. The van der Waals surface area contributed by atoms with Crippen LogP contribution in [0, 0.1) is 5.41 Å². The van der Waals surface area contributed by atoms with Crippen LogP contribution in [0.15, 0.2) is 11.8 Å². The highest BCUT2D eigenvalue weighted by Gasteiger charge is 2.30. The van der Waals surface area contributed by atoms with Crippen molar-refractivity contribution in [2.75, 3.05) is 0 Å². The van der Waals surface area contributed by atoms with Crippen molar-refractivity contribution in [3.8, 4) is 0 Å². The molecule has 0 radical (unpaired) electrons. The highest BCUT2D eigenvalue weighted by molar-refractivity contribution is 5.12. The largest absolute Gasteiger partial charge is 0.516 e. The maximum Gasteiger partial charge on any atom is 0.0789 e. The highest BCUT2D eigenvalue weighted by atomic mass is 16.2. The van der Waals surface area contributed by atoms with Crippen molar-refractivity contribution in [3.63, 3.8) is 0 Å². The summed E-state index contributed by atoms with van der Waals surface area (Å²) in [5.74, 6) is 0. The summed E-state index contributed by atoms with van der Waals surface area (Å²) >= 11 is 0. The van der Waals surface area contributed by atoms with E-state index in [2.05, 4.69) is 13.8 Å². The van der Waals surface area contributed by atoms with Gasteiger partial charge in [0.1, 0.15) is 0 Å². The van der Waals surface area contributed by atoms with Crippen LogP contribution < -0.4 is 0 Å². The molecule has 1 fully saturated rings. The molecule has 1 saturated carbocycles. The van der Waals surface area contributed by atoms with E-state index < -0.39 is 0 Å². The molecule has 0 heterocycles. The van der Waals surface area contributed by atoms with E-state index in [9.17, 15) is 0 Å². The minimum absolute atomic E-state index is 0.307. The van der Waals surface area contributed by atoms with Crippen molar-refractivity contribution in [2.24, 2.45) is 5.41 Å². The van der Waals surface area contributed by atoms with Crippen LogP contribution in [-0.4, -0.2) is 5.11 Å². The number of hydrogen-bond donors (Lipinski definition) is 1. The molecule has 1 aliphatic rings. The maximum atomic E-state index is 9.09. The average molecular weight is 168 g/mol. The van der Waals surface area contributed by atoms with Gasteiger partial charge in [0.25, 0.3) is 0 Å². The molecule has 1 N–H and O–H groups in total. The number of aliphatic hydroxyl groups excluding tert-OH is 1. The Bertz CT molecular complexity index is 168. The first kappa shape index (κ1) is 9.63. The lowest BCUT2D eigenvalue weighted by Crippen LogP contribution is -2.23. The number of rotatable bonds is 2. The van der Waals surface area contributed by atoms with Crippen molar-refractivity contribution < 1.29 is 5.11 Å². The Balaban J connectivity index is 2.69. The van der Waals surface area contributed by atoms with E-state index in [4.69, 9.17) is 5.11 Å². The van der Waals surface area contributed by atoms with E-state index >= 15 is 0 Å². The SMILES string of the molecule is CCCC1(C)CCCC/C1=C/O. The molecule has 0 bridgehead atoms. The van der Waals surface area contributed by atoms with Crippen molar-refractivity contribution in [1.82, 2.24) is 0 Å². The zero-order chi connectivity index (χ0) is 9.03. The maximum absolute atomic E-state index is 9.09. The van der Waals surface area contributed by atoms with Crippen molar-refractivity contribution in [1.29, 1.82) is 0 Å². The fourth-order valence-corrected chi connectivity index (χ4v) is 2.35. The molecule has 0 aromatic carbocycles. The summed E-state index contributed by atoms with van der Waals surface area (Å²) in [5.41, 5.74) is 1.58. The summed E-state index contributed by atoms with van der Waals surface area (Å²) in [5, 5.41) is 9.09. The van der Waals surface area contributed by atoms with E-state index in [1.807, 2.05) is 0 Å². The minimum atomic E-state index is 0.307. The molecule has 1 rings (SSSR count). The molecule has 12 heavy (non-hydrogen) atoms. The molecule has 0 aromatic heterocycles. The molecule has 1 aliphatic carbocycles. The van der Waals surface area contributed by atoms with Gasteiger partial charge in [0, 0.05) is 0 Å². The molecule has 1 heteroatoms. The second-order valence-electron chi connectivity index (χ2n) is 4.17. The predicted octanol–water partition coefficient (Wildman–Crippen LogP) is 3.81. The van der Waals surface area contributed by atoms with Crippen molar-refractivity contribution in [3.05, 3.63) is 11.8 Å². The molecular formula is C11H20O. The standard InChI is InChI=1S/C11H20O/c1-3-7-11(2)8-5-4-6-10(11)9-12/h9,12H,3-8H2,1-2H3/b10-9-. The van der Waals surface area contributed by atoms with Gasteiger partial charge in [-0.3, -0.25) is 0 Å². The number of allylic oxidation sites excluding steroid dienone is 1. The Kier molecular flexibility index (Phi) is 3.19. The van der Waals surface area contributed by atoms with Gasteiger partial charge >= 0.3 is 0 Å². The van der Waals surface area contributed by atoms with Crippen LogP contribution >= 0.6 is 0 Å². The van der Waals surface area contributed by atoms with Gasteiger partial charge in [-0.25, -0.2) is 0 Å². The monoisotopic (exact) mass is 168 g/mol. The zero-order valence-electron chi connectivity index (χ0n) is 8.27. The van der Waals surface area contributed by atoms with E-state index in [1.165, 1.54) is 43.9 Å². The van der Waals surface area contributed by atoms with Gasteiger partial charge in [-0.1, -0.05) is 26.7 Å². The Labute approximate surface area is 75.5 Å². The molecule has 0 amide bonds. The van der Waals surface area contributed by atoms with E-state index in [0.717, 1.165) is 6.42 Å². The first-order valence-electron chi connectivity index (χ1n) is 5.06. The number of aliphatic hydroxyl groups is 1. The highest BCUT2D eigenvalue weighted by Crippen LogP contribution is 2.43. The quantitative estimate of drug-likeness (QED) is 0.622. The van der Waals surface area contributed by atoms with E-state index in [1.54, 1.807) is 0 Å². The molecule has 1 atom stereocenters. The van der Waals surface area contributed by atoms with Crippen LogP contribution in [0.25, 0.3) is 0 Å². The Morgan fingerprint density at radius 1 is 1.50 bits per heavy atom. The van der Waals surface area contributed by atoms with Crippen molar-refractivity contribution in [2.45, 2.75) is 52.4 Å². The van der Waals surface area contributed by atoms with Gasteiger partial charge in [0.05, 0.1) is 6.26 Å². The summed E-state index contributed by atoms with van der Waals surface area (Å²) in [7, 11) is 0. The third-order valence-corrected chi connectivity index (χ3v) is 3.16. The smallest absolute Gasteiger partial charge is 0.0789 e. The molecule has 0 aromatic rings. The third-order valence-electron chi connectivity index (χ3n) is 3.16. The fourth-order valence-electron chi connectivity index (χ4n) is 2.35. The number of hydrogen-bond acceptors (Lipinski definition) is 1. The molecule has 70 valence electrons. The van der Waals surface area contributed by atoms with Gasteiger partial charge in [-0.2, -0.15) is 0 Å². The van der Waals surface area contributed by atoms with Crippen LogP contribution in [0.4, 0.5) is 0 Å². The Hall–Kier alpha value is -0.460. The van der Waals surface area contributed by atoms with Crippen LogP contribution in [-0.2, 0) is 0 Å². The van der Waals surface area contributed by atoms with Crippen LogP contribution in [0.1, 0.15) is 52.4 Å². The lowest BCUT2D eigenvalue weighted by molar-refractivity contribution is 0.266. The second-order valence-corrected chi connectivity index (χ2v) is 4.17. The Morgan fingerprint density at radius 3 is 2.83 bits per heavy atom. The van der Waals surface area contributed by atoms with Crippen LogP contribution in [0.2, 0.25) is 0 Å². The van der Waals surface area contributed by atoms with E-state index in [0.29, 0.717) is 5.41 Å². The van der Waals surface area contributed by atoms with Crippen LogP contribution in [0.3, 0.4) is 0 Å². The minimum Gasteiger partial charge on any atom is -0.516 e. The lowest BCUT2D eigenvalue weighted by Gasteiger charge is -2.35. The normalized spacial score (nSPS) is 34.0. The molecular weight excluding hydrogens is 148 g/mol. The van der Waals surface area contributed by atoms with E-state index in [-0.39, 0.29) is 0 Å². The zero-order valence-corrected chi connectivity index (χ0v) is 8.27. The van der Waals surface area contributed by atoms with Gasteiger partial charge in [0.2, 0.25) is 0 Å². The van der Waals surface area contributed by atoms with Crippen molar-refractivity contribution >= 4 is 0 Å². The summed E-state index contributed by atoms with van der Waals surface area (Å²) in [6.45, 7) is 4.51. The topological polar surface area (TPSA) is 20.2 Å². The lowest BCUT2D eigenvalue weighted by atomic mass is 9.69. The summed E-state index contributed by atoms with van der Waals surface area (Å²) in [6.07, 6.45) is 8.74.